The number of anilines is 1. The predicted octanol–water partition coefficient (Wildman–Crippen LogP) is 4.21. The summed E-state index contributed by atoms with van der Waals surface area (Å²) in [6.07, 6.45) is 0. The number of carbonyl (C=O) groups excluding carboxylic acids is 1. The van der Waals surface area contributed by atoms with Gasteiger partial charge in [0.25, 0.3) is 27.3 Å². The highest BCUT2D eigenvalue weighted by Crippen LogP contribution is 2.35. The number of hydrogen-bond acceptors (Lipinski definition) is 9. The number of nitro groups is 2. The third kappa shape index (κ3) is 6.66. The van der Waals surface area contributed by atoms with E-state index < -0.39 is 42.9 Å². The number of hydrazone groups is 1. The Morgan fingerprint density at radius 3 is 2.44 bits per heavy atom. The van der Waals surface area contributed by atoms with Gasteiger partial charge in [-0.05, 0) is 38.1 Å². The number of benzene rings is 3. The number of hydrogen-bond donors (Lipinski definition) is 1. The summed E-state index contributed by atoms with van der Waals surface area (Å²) in [7, 11) is -3.28. The molecule has 0 aliphatic heterocycles. The van der Waals surface area contributed by atoms with E-state index in [4.69, 9.17) is 16.3 Å². The Balaban J connectivity index is 2.01. The highest BCUT2D eigenvalue weighted by atomic mass is 35.5. The van der Waals surface area contributed by atoms with Gasteiger partial charge in [-0.25, -0.2) is 13.8 Å². The van der Waals surface area contributed by atoms with Crippen LogP contribution in [0.3, 0.4) is 0 Å². The Morgan fingerprint density at radius 2 is 1.79 bits per heavy atom. The zero-order valence-corrected chi connectivity index (χ0v) is 22.4. The molecule has 1 N–H and O–H groups in total. The van der Waals surface area contributed by atoms with Gasteiger partial charge in [0.2, 0.25) is 0 Å². The first-order chi connectivity index (χ1) is 18.3. The van der Waals surface area contributed by atoms with E-state index in [-0.39, 0.29) is 33.4 Å². The molecule has 0 saturated carbocycles. The first-order valence-electron chi connectivity index (χ1n) is 11.0. The zero-order chi connectivity index (χ0) is 28.9. The average molecular weight is 576 g/mol. The van der Waals surface area contributed by atoms with Gasteiger partial charge in [0, 0.05) is 34.3 Å². The number of rotatable bonds is 10. The summed E-state index contributed by atoms with van der Waals surface area (Å²) in [5.41, 5.74) is 2.37. The van der Waals surface area contributed by atoms with Crippen molar-refractivity contribution in [3.63, 3.8) is 0 Å². The maximum absolute atomic E-state index is 13.7. The van der Waals surface area contributed by atoms with E-state index in [2.05, 4.69) is 10.5 Å². The molecule has 0 aliphatic carbocycles. The molecule has 0 bridgehead atoms. The van der Waals surface area contributed by atoms with Gasteiger partial charge in [-0.3, -0.25) is 29.3 Å². The lowest BCUT2D eigenvalue weighted by Crippen LogP contribution is -2.40. The molecule has 0 fully saturated rings. The van der Waals surface area contributed by atoms with E-state index in [9.17, 15) is 33.4 Å². The summed E-state index contributed by atoms with van der Waals surface area (Å²) in [4.78, 5) is 33.7. The second-order valence-corrected chi connectivity index (χ2v) is 10.4. The van der Waals surface area contributed by atoms with Gasteiger partial charge in [-0.1, -0.05) is 29.8 Å². The van der Waals surface area contributed by atoms with E-state index in [1.165, 1.54) is 69.5 Å². The highest BCUT2D eigenvalue weighted by molar-refractivity contribution is 7.92. The van der Waals surface area contributed by atoms with E-state index in [0.29, 0.717) is 9.87 Å². The van der Waals surface area contributed by atoms with Crippen LogP contribution in [0.25, 0.3) is 0 Å². The molecule has 3 aromatic carbocycles. The first kappa shape index (κ1) is 29.0. The monoisotopic (exact) mass is 575 g/mol. The molecule has 3 aromatic rings. The van der Waals surface area contributed by atoms with E-state index in [1.54, 1.807) is 6.07 Å². The summed E-state index contributed by atoms with van der Waals surface area (Å²) < 4.78 is 33.4. The number of nitro benzene ring substituents is 2. The standard InChI is InChI=1S/C24H22ClN5O8S/c1-15-7-9-20(13-21(15)30(34)35)39(36,37)28(22-12-18(25)8-10-23(22)38-3)14-24(31)27-26-16(2)17-5-4-6-19(11-17)29(32)33/h4-13H,14H2,1-3H3,(H,27,31)/b26-16-. The normalized spacial score (nSPS) is 11.5. The van der Waals surface area contributed by atoms with Gasteiger partial charge in [-0.2, -0.15) is 5.10 Å². The van der Waals surface area contributed by atoms with Crippen molar-refractivity contribution in [3.8, 4) is 5.75 Å². The van der Waals surface area contributed by atoms with Gasteiger partial charge in [-0.15, -0.1) is 0 Å². The second kappa shape index (κ2) is 11.9. The Morgan fingerprint density at radius 1 is 1.08 bits per heavy atom. The van der Waals surface area contributed by atoms with Crippen LogP contribution >= 0.6 is 11.6 Å². The molecule has 1 amide bonds. The quantitative estimate of drug-likeness (QED) is 0.212. The summed E-state index contributed by atoms with van der Waals surface area (Å²) in [6.45, 7) is 2.15. The predicted molar refractivity (Wildman–Crippen MR) is 144 cm³/mol. The number of halogens is 1. The lowest BCUT2D eigenvalue weighted by Gasteiger charge is -2.25. The number of amides is 1. The summed E-state index contributed by atoms with van der Waals surface area (Å²) in [5, 5.41) is 26.5. The maximum atomic E-state index is 13.7. The van der Waals surface area contributed by atoms with Gasteiger partial charge in [0.1, 0.15) is 12.3 Å². The van der Waals surface area contributed by atoms with Crippen LogP contribution in [0.5, 0.6) is 5.75 Å². The largest absolute Gasteiger partial charge is 0.495 e. The number of carbonyl (C=O) groups is 1. The molecule has 39 heavy (non-hydrogen) atoms. The second-order valence-electron chi connectivity index (χ2n) is 8.07. The van der Waals surface area contributed by atoms with Crippen LogP contribution in [0.2, 0.25) is 5.02 Å². The molecule has 0 spiro atoms. The van der Waals surface area contributed by atoms with Gasteiger partial charge >= 0.3 is 0 Å². The van der Waals surface area contributed by atoms with E-state index in [0.717, 1.165) is 6.07 Å². The lowest BCUT2D eigenvalue weighted by atomic mass is 10.1. The van der Waals surface area contributed by atoms with Crippen molar-refractivity contribution in [2.24, 2.45) is 5.10 Å². The minimum Gasteiger partial charge on any atom is -0.495 e. The van der Waals surface area contributed by atoms with Crippen LogP contribution in [0.4, 0.5) is 17.1 Å². The fraction of sp³-hybridized carbons (Fsp3) is 0.167. The molecule has 0 atom stereocenters. The summed E-state index contributed by atoms with van der Waals surface area (Å²) in [5.74, 6) is -0.819. The minimum absolute atomic E-state index is 0.0636. The molecule has 0 saturated heterocycles. The molecule has 0 aliphatic rings. The molecule has 0 radical (unpaired) electrons. The number of ether oxygens (including phenoxy) is 1. The number of aryl methyl sites for hydroxylation is 1. The Labute approximate surface area is 228 Å². The Hall–Kier alpha value is -4.56. The third-order valence-corrected chi connectivity index (χ3v) is 7.48. The van der Waals surface area contributed by atoms with Crippen molar-refractivity contribution in [1.82, 2.24) is 5.43 Å². The van der Waals surface area contributed by atoms with Crippen molar-refractivity contribution in [2.45, 2.75) is 18.7 Å². The topological polar surface area (TPSA) is 174 Å². The van der Waals surface area contributed by atoms with Crippen molar-refractivity contribution in [1.29, 1.82) is 0 Å². The third-order valence-electron chi connectivity index (χ3n) is 5.49. The van der Waals surface area contributed by atoms with Crippen LogP contribution < -0.4 is 14.5 Å². The first-order valence-corrected chi connectivity index (χ1v) is 12.9. The summed E-state index contributed by atoms with van der Waals surface area (Å²) in [6, 6.07) is 13.1. The van der Waals surface area contributed by atoms with Gasteiger partial charge in [0.05, 0.1) is 33.3 Å². The lowest BCUT2D eigenvalue weighted by molar-refractivity contribution is -0.385. The molecule has 0 aromatic heterocycles. The van der Waals surface area contributed by atoms with E-state index in [1.807, 2.05) is 0 Å². The zero-order valence-electron chi connectivity index (χ0n) is 20.8. The maximum Gasteiger partial charge on any atom is 0.273 e. The highest BCUT2D eigenvalue weighted by Gasteiger charge is 2.31. The number of sulfonamides is 1. The number of nitrogens with zero attached hydrogens (tertiary/aromatic N) is 4. The van der Waals surface area contributed by atoms with Crippen molar-refractivity contribution in [2.75, 3.05) is 18.0 Å². The fourth-order valence-electron chi connectivity index (χ4n) is 3.45. The molecule has 13 nitrogen and oxygen atoms in total. The van der Waals surface area contributed by atoms with Crippen molar-refractivity contribution >= 4 is 50.3 Å². The Bertz CT molecular complexity index is 1590. The fourth-order valence-corrected chi connectivity index (χ4v) is 5.06. The molecular weight excluding hydrogens is 554 g/mol. The SMILES string of the molecule is COc1ccc(Cl)cc1N(CC(=O)N/N=C(/C)c1cccc([N+](=O)[O-])c1)S(=O)(=O)c1ccc(C)c([N+](=O)[O-])c1. The van der Waals surface area contributed by atoms with Crippen LogP contribution in [0.15, 0.2) is 70.7 Å². The molecule has 0 heterocycles. The van der Waals surface area contributed by atoms with Crippen molar-refractivity contribution in [3.05, 3.63) is 97.0 Å². The van der Waals surface area contributed by atoms with Crippen LogP contribution in [-0.4, -0.2) is 43.5 Å². The number of methoxy groups -OCH3 is 1. The van der Waals surface area contributed by atoms with Crippen molar-refractivity contribution < 1.29 is 27.8 Å². The van der Waals surface area contributed by atoms with Gasteiger partial charge < -0.3 is 4.74 Å². The average Bonchev–Trinajstić information content (AvgIpc) is 2.90. The molecule has 204 valence electrons. The van der Waals surface area contributed by atoms with Crippen LogP contribution in [0.1, 0.15) is 18.1 Å². The molecule has 15 heteroatoms. The smallest absolute Gasteiger partial charge is 0.273 e. The van der Waals surface area contributed by atoms with Crippen LogP contribution in [0, 0.1) is 27.2 Å². The Kier molecular flexibility index (Phi) is 8.83. The van der Waals surface area contributed by atoms with Gasteiger partial charge in [0.15, 0.2) is 0 Å². The summed E-state index contributed by atoms with van der Waals surface area (Å²) >= 11 is 6.11. The van der Waals surface area contributed by atoms with E-state index >= 15 is 0 Å². The molecular formula is C24H22ClN5O8S. The number of nitrogens with one attached hydrogen (secondary N) is 1. The van der Waals surface area contributed by atoms with Crippen LogP contribution in [-0.2, 0) is 14.8 Å². The number of non-ortho nitro benzene ring substituents is 1. The minimum atomic E-state index is -4.57. The molecule has 0 unspecified atom stereocenters. The molecule has 3 rings (SSSR count).